The highest BCUT2D eigenvalue weighted by molar-refractivity contribution is 5.43. The number of piperidine rings is 2. The Kier molecular flexibility index (Phi) is 1.79. The molecule has 23 heavy (non-hydrogen) atoms. The van der Waals surface area contributed by atoms with Crippen LogP contribution in [-0.2, 0) is 0 Å². The molecule has 3 heteroatoms. The fourth-order valence-electron chi connectivity index (χ4n) is 10.5. The van der Waals surface area contributed by atoms with Crippen LogP contribution in [0, 0.1) is 39.9 Å². The molecule has 3 saturated heterocycles. The molecule has 6 saturated carbocycles. The van der Waals surface area contributed by atoms with E-state index in [-0.39, 0.29) is 23.5 Å². The average Bonchev–Trinajstić information content (AvgIpc) is 2.93. The maximum atomic E-state index is 11.3. The molecule has 0 amide bonds. The van der Waals surface area contributed by atoms with Crippen LogP contribution in [0.1, 0.15) is 39.0 Å². The van der Waals surface area contributed by atoms with Crippen LogP contribution >= 0.6 is 0 Å². The van der Waals surface area contributed by atoms with Crippen molar-refractivity contribution in [2.75, 3.05) is 6.54 Å². The number of rotatable bonds is 0. The molecule has 6 aliphatic carbocycles. The van der Waals surface area contributed by atoms with Crippen molar-refractivity contribution in [2.24, 2.45) is 39.9 Å². The fourth-order valence-corrected chi connectivity index (χ4v) is 10.5. The van der Waals surface area contributed by atoms with Gasteiger partial charge in [-0.05, 0) is 53.9 Å². The first-order valence-corrected chi connectivity index (χ1v) is 9.77. The van der Waals surface area contributed by atoms with Crippen LogP contribution in [0.4, 0.5) is 0 Å². The van der Waals surface area contributed by atoms with E-state index >= 15 is 0 Å². The molecule has 3 heterocycles. The number of aliphatic hydroxyl groups is 2. The largest absolute Gasteiger partial charge is 0.392 e. The smallest absolute Gasteiger partial charge is 0.0815 e. The van der Waals surface area contributed by atoms with Crippen LogP contribution in [-0.4, -0.2) is 45.9 Å². The highest BCUT2D eigenvalue weighted by Crippen LogP contribution is 2.86. The number of fused-ring (bicyclic) bond motifs is 1. The molecule has 0 radical (unpaired) electrons. The lowest BCUT2D eigenvalue weighted by molar-refractivity contribution is -0.213. The second-order valence-corrected chi connectivity index (χ2v) is 10.5. The molecule has 0 aromatic carbocycles. The molecule has 9 rings (SSSR count). The van der Waals surface area contributed by atoms with E-state index in [1.54, 1.807) is 0 Å². The Morgan fingerprint density at radius 2 is 2.00 bits per heavy atom. The predicted octanol–water partition coefficient (Wildman–Crippen LogP) is 1.79. The monoisotopic (exact) mass is 313 g/mol. The van der Waals surface area contributed by atoms with E-state index in [0.717, 1.165) is 24.3 Å². The van der Waals surface area contributed by atoms with Gasteiger partial charge in [0.05, 0.1) is 12.2 Å². The van der Waals surface area contributed by atoms with Crippen molar-refractivity contribution in [3.8, 4) is 0 Å². The van der Waals surface area contributed by atoms with Gasteiger partial charge >= 0.3 is 0 Å². The molecule has 9 bridgehead atoms. The Morgan fingerprint density at radius 1 is 1.17 bits per heavy atom. The summed E-state index contributed by atoms with van der Waals surface area (Å²) in [5, 5.41) is 22.6. The molecular weight excluding hydrogens is 286 g/mol. The van der Waals surface area contributed by atoms with Gasteiger partial charge in [0, 0.05) is 35.9 Å². The lowest BCUT2D eigenvalue weighted by Crippen LogP contribution is -2.68. The minimum atomic E-state index is -0.349. The zero-order chi connectivity index (χ0) is 15.5. The Hall–Kier alpha value is -0.380. The van der Waals surface area contributed by atoms with Gasteiger partial charge in [0.2, 0.25) is 0 Å². The van der Waals surface area contributed by atoms with Gasteiger partial charge in [-0.2, -0.15) is 0 Å². The van der Waals surface area contributed by atoms with E-state index in [1.807, 2.05) is 0 Å². The minimum Gasteiger partial charge on any atom is -0.392 e. The molecule has 3 aliphatic heterocycles. The summed E-state index contributed by atoms with van der Waals surface area (Å²) >= 11 is 0. The lowest BCUT2D eigenvalue weighted by atomic mass is 9.39. The van der Waals surface area contributed by atoms with Crippen molar-refractivity contribution in [2.45, 2.75) is 63.3 Å². The van der Waals surface area contributed by atoms with Crippen LogP contribution in [0.3, 0.4) is 0 Å². The van der Waals surface area contributed by atoms with E-state index in [4.69, 9.17) is 0 Å². The Morgan fingerprint density at radius 3 is 2.83 bits per heavy atom. The van der Waals surface area contributed by atoms with Crippen molar-refractivity contribution in [1.82, 2.24) is 4.90 Å². The molecule has 2 spiro atoms. The minimum absolute atomic E-state index is 0.0316. The van der Waals surface area contributed by atoms with Gasteiger partial charge in [0.1, 0.15) is 0 Å². The Balaban J connectivity index is 1.55. The molecule has 12 atom stereocenters. The summed E-state index contributed by atoms with van der Waals surface area (Å²) in [6.07, 6.45) is 5.64. The number of hydrogen-bond donors (Lipinski definition) is 2. The highest BCUT2D eigenvalue weighted by Gasteiger charge is 2.89. The fraction of sp³-hybridized carbons (Fsp3) is 0.900. The van der Waals surface area contributed by atoms with Gasteiger partial charge in [0.25, 0.3) is 0 Å². The second-order valence-electron chi connectivity index (χ2n) is 10.5. The first-order chi connectivity index (χ1) is 11.0. The summed E-state index contributed by atoms with van der Waals surface area (Å²) in [5.41, 5.74) is 1.72. The molecule has 9 aliphatic rings. The highest BCUT2D eigenvalue weighted by atomic mass is 16.3. The summed E-state index contributed by atoms with van der Waals surface area (Å²) in [6, 6.07) is 1.34. The SMILES string of the molecule is C=C1[C@H]2C[C@@H]3[C@H]4N5C[C@]6(C)CCC[C@]47[C@H]([C@H]2O)[C@@]3(C[C@@H]5[C@H]67)[C@@H]1O. The summed E-state index contributed by atoms with van der Waals surface area (Å²) in [4.78, 5) is 2.88. The van der Waals surface area contributed by atoms with Gasteiger partial charge in [0.15, 0.2) is 0 Å². The van der Waals surface area contributed by atoms with Gasteiger partial charge in [-0.15, -0.1) is 0 Å². The average molecular weight is 313 g/mol. The van der Waals surface area contributed by atoms with E-state index in [2.05, 4.69) is 18.4 Å². The molecule has 124 valence electrons. The van der Waals surface area contributed by atoms with Gasteiger partial charge < -0.3 is 10.2 Å². The van der Waals surface area contributed by atoms with Gasteiger partial charge in [-0.25, -0.2) is 0 Å². The topological polar surface area (TPSA) is 43.7 Å². The maximum absolute atomic E-state index is 11.3. The number of aliphatic hydroxyl groups excluding tert-OH is 2. The second kappa shape index (κ2) is 3.20. The summed E-state index contributed by atoms with van der Waals surface area (Å²) < 4.78 is 0. The first kappa shape index (κ1) is 12.9. The van der Waals surface area contributed by atoms with E-state index in [1.165, 1.54) is 25.8 Å². The predicted molar refractivity (Wildman–Crippen MR) is 85.5 cm³/mol. The summed E-state index contributed by atoms with van der Waals surface area (Å²) in [7, 11) is 0. The zero-order valence-electron chi connectivity index (χ0n) is 13.9. The molecule has 1 unspecified atom stereocenters. The van der Waals surface area contributed by atoms with Crippen molar-refractivity contribution in [3.05, 3.63) is 12.2 Å². The standard InChI is InChI=1S/C20H27NO2/c1-9-10-6-11-16-19-5-3-4-18(2)8-21(16)12(14(18)19)7-20(11,17(9)23)15(19)13(10)22/h10-17,22-23H,1,3-8H2,2H3/t10-,11-,12-,13+,14-,15+,16-,17-,18+,19+,20+/m1/s1. The third-order valence-corrected chi connectivity index (χ3v) is 10.3. The van der Waals surface area contributed by atoms with Crippen molar-refractivity contribution in [1.29, 1.82) is 0 Å². The van der Waals surface area contributed by atoms with E-state index in [9.17, 15) is 10.2 Å². The lowest BCUT2D eigenvalue weighted by Gasteiger charge is -2.66. The van der Waals surface area contributed by atoms with Crippen LogP contribution in [0.15, 0.2) is 12.2 Å². The van der Waals surface area contributed by atoms with E-state index in [0.29, 0.717) is 34.7 Å². The number of hydrogen-bond acceptors (Lipinski definition) is 3. The third-order valence-electron chi connectivity index (χ3n) is 10.3. The zero-order valence-corrected chi connectivity index (χ0v) is 13.9. The maximum Gasteiger partial charge on any atom is 0.0815 e. The normalized spacial score (nSPS) is 75.6. The van der Waals surface area contributed by atoms with Gasteiger partial charge in [-0.1, -0.05) is 19.9 Å². The van der Waals surface area contributed by atoms with Crippen LogP contribution in [0.2, 0.25) is 0 Å². The number of nitrogens with zero attached hydrogens (tertiary/aromatic N) is 1. The molecule has 3 nitrogen and oxygen atoms in total. The quantitative estimate of drug-likeness (QED) is 0.670. The van der Waals surface area contributed by atoms with Crippen molar-refractivity contribution < 1.29 is 10.2 Å². The van der Waals surface area contributed by atoms with E-state index < -0.39 is 0 Å². The van der Waals surface area contributed by atoms with Crippen LogP contribution < -0.4 is 0 Å². The first-order valence-electron chi connectivity index (χ1n) is 9.77. The van der Waals surface area contributed by atoms with Crippen molar-refractivity contribution >= 4 is 0 Å². The molecule has 0 aromatic heterocycles. The van der Waals surface area contributed by atoms with Gasteiger partial charge in [-0.3, -0.25) is 4.90 Å². The van der Waals surface area contributed by atoms with Crippen LogP contribution in [0.25, 0.3) is 0 Å². The molecule has 9 fully saturated rings. The Bertz CT molecular complexity index is 677. The molecule has 0 aromatic rings. The molecule has 2 N–H and O–H groups in total. The summed E-state index contributed by atoms with van der Waals surface area (Å²) in [5.74, 6) is 1.90. The molecular formula is C20H27NO2. The Labute approximate surface area is 137 Å². The van der Waals surface area contributed by atoms with Crippen molar-refractivity contribution in [3.63, 3.8) is 0 Å². The third kappa shape index (κ3) is 0.910. The summed E-state index contributed by atoms with van der Waals surface area (Å²) in [6.45, 7) is 8.04. The van der Waals surface area contributed by atoms with Crippen LogP contribution in [0.5, 0.6) is 0 Å².